The van der Waals surface area contributed by atoms with Crippen molar-refractivity contribution in [3.05, 3.63) is 211 Å². The van der Waals surface area contributed by atoms with Crippen LogP contribution in [0.2, 0.25) is 0 Å². The summed E-state index contributed by atoms with van der Waals surface area (Å²) in [5.41, 5.74) is 12.4. The van der Waals surface area contributed by atoms with Crippen molar-refractivity contribution in [1.29, 1.82) is 0 Å². The van der Waals surface area contributed by atoms with E-state index in [4.69, 9.17) is 0 Å². The third-order valence-electron chi connectivity index (χ3n) is 14.6. The molecule has 0 spiro atoms. The minimum atomic E-state index is -0.0970. The quantitative estimate of drug-likeness (QED) is 0.123. The number of hydrogen-bond donors (Lipinski definition) is 0. The molecule has 1 heterocycles. The van der Waals surface area contributed by atoms with Gasteiger partial charge in [0.05, 0.1) is 11.2 Å². The highest BCUT2D eigenvalue weighted by Gasteiger charge is 2.29. The van der Waals surface area contributed by atoms with Crippen molar-refractivity contribution < 1.29 is 0 Å². The molecular weight excluding hydrogens is 807 g/mol. The fraction of sp³-hybridized carbons (Fsp3) is 0.121. The van der Waals surface area contributed by atoms with E-state index in [-0.39, 0.29) is 10.8 Å². The molecule has 0 aliphatic heterocycles. The van der Waals surface area contributed by atoms with Crippen LogP contribution in [0.3, 0.4) is 0 Å². The summed E-state index contributed by atoms with van der Waals surface area (Å²) >= 11 is 0. The lowest BCUT2D eigenvalue weighted by Gasteiger charge is -2.30. The van der Waals surface area contributed by atoms with Gasteiger partial charge in [-0.1, -0.05) is 211 Å². The van der Waals surface area contributed by atoms with Crippen LogP contribution in [0.1, 0.15) is 52.7 Å². The maximum absolute atomic E-state index is 2.56. The van der Waals surface area contributed by atoms with Crippen LogP contribution in [0.25, 0.3) is 126 Å². The van der Waals surface area contributed by atoms with E-state index in [1.54, 1.807) is 0 Å². The lowest BCUT2D eigenvalue weighted by Crippen LogP contribution is -2.17. The molecule has 320 valence electrons. The highest BCUT2D eigenvalue weighted by molar-refractivity contribution is 6.26. The molecule has 1 aromatic heterocycles. The van der Waals surface area contributed by atoms with Crippen LogP contribution in [0.4, 0.5) is 0 Å². The van der Waals surface area contributed by atoms with Crippen molar-refractivity contribution in [2.75, 3.05) is 0 Å². The van der Waals surface area contributed by atoms with Crippen LogP contribution in [-0.2, 0) is 10.8 Å². The Morgan fingerprint density at radius 2 is 0.851 bits per heavy atom. The fourth-order valence-electron chi connectivity index (χ4n) is 12.0. The zero-order valence-electron chi connectivity index (χ0n) is 39.0. The Hall–Kier alpha value is -7.74. The Labute approximate surface area is 391 Å². The third-order valence-corrected chi connectivity index (χ3v) is 14.6. The van der Waals surface area contributed by atoms with Crippen LogP contribution in [0.15, 0.2) is 200 Å². The molecule has 0 bridgehead atoms. The van der Waals surface area contributed by atoms with Crippen molar-refractivity contribution in [3.63, 3.8) is 0 Å². The molecular formula is C66H51N. The largest absolute Gasteiger partial charge is 0.309 e. The van der Waals surface area contributed by atoms with Crippen LogP contribution in [0, 0.1) is 0 Å². The highest BCUT2D eigenvalue weighted by atomic mass is 15.0. The second kappa shape index (κ2) is 14.4. The summed E-state index contributed by atoms with van der Waals surface area (Å²) in [4.78, 5) is 0. The number of hydrogen-bond acceptors (Lipinski definition) is 0. The molecule has 0 unspecified atom stereocenters. The number of rotatable bonds is 4. The van der Waals surface area contributed by atoms with Crippen LogP contribution >= 0.6 is 0 Å². The maximum atomic E-state index is 2.56. The molecule has 13 rings (SSSR count). The number of fused-ring (bicyclic) bond motifs is 6. The second-order valence-corrected chi connectivity index (χ2v) is 20.9. The molecule has 0 amide bonds. The monoisotopic (exact) mass is 857 g/mol. The van der Waals surface area contributed by atoms with Gasteiger partial charge in [-0.15, -0.1) is 0 Å². The van der Waals surface area contributed by atoms with E-state index in [0.29, 0.717) is 0 Å². The third kappa shape index (κ3) is 6.00. The van der Waals surface area contributed by atoms with Gasteiger partial charge in [-0.3, -0.25) is 0 Å². The number of aromatic nitrogens is 1. The first kappa shape index (κ1) is 39.6. The van der Waals surface area contributed by atoms with Crippen molar-refractivity contribution in [2.24, 2.45) is 0 Å². The molecule has 0 saturated carbocycles. The van der Waals surface area contributed by atoms with Gasteiger partial charge in [0.25, 0.3) is 0 Å². The molecule has 12 aromatic carbocycles. The topological polar surface area (TPSA) is 4.93 Å². The summed E-state index contributed by atoms with van der Waals surface area (Å²) in [7, 11) is 0. The Kier molecular flexibility index (Phi) is 8.50. The second-order valence-electron chi connectivity index (χ2n) is 20.9. The van der Waals surface area contributed by atoms with E-state index in [0.717, 1.165) is 5.69 Å². The molecule has 1 heteroatoms. The average Bonchev–Trinajstić information content (AvgIpc) is 3.67. The van der Waals surface area contributed by atoms with Crippen LogP contribution < -0.4 is 0 Å². The lowest BCUT2D eigenvalue weighted by molar-refractivity contribution is 0.593. The molecule has 0 fully saturated rings. The van der Waals surface area contributed by atoms with E-state index in [2.05, 4.69) is 246 Å². The van der Waals surface area contributed by atoms with E-state index >= 15 is 0 Å². The predicted molar refractivity (Wildman–Crippen MR) is 291 cm³/mol. The molecule has 0 aliphatic rings. The molecule has 0 radical (unpaired) electrons. The van der Waals surface area contributed by atoms with Gasteiger partial charge in [0.2, 0.25) is 0 Å². The first-order chi connectivity index (χ1) is 32.5. The van der Waals surface area contributed by atoms with Gasteiger partial charge < -0.3 is 4.57 Å². The van der Waals surface area contributed by atoms with Gasteiger partial charge in [0.15, 0.2) is 0 Å². The first-order valence-corrected chi connectivity index (χ1v) is 23.8. The highest BCUT2D eigenvalue weighted by Crippen LogP contribution is 2.49. The van der Waals surface area contributed by atoms with Crippen molar-refractivity contribution in [3.8, 4) is 39.2 Å². The van der Waals surface area contributed by atoms with Gasteiger partial charge in [-0.2, -0.15) is 0 Å². The van der Waals surface area contributed by atoms with Crippen molar-refractivity contribution in [2.45, 2.75) is 52.4 Å². The smallest absolute Gasteiger partial charge is 0.0619 e. The fourth-order valence-corrected chi connectivity index (χ4v) is 12.0. The molecule has 67 heavy (non-hydrogen) atoms. The normalized spacial score (nSPS) is 12.6. The van der Waals surface area contributed by atoms with Gasteiger partial charge in [-0.25, -0.2) is 0 Å². The minimum absolute atomic E-state index is 0.0595. The van der Waals surface area contributed by atoms with Crippen LogP contribution in [-0.4, -0.2) is 4.57 Å². The Morgan fingerprint density at radius 1 is 0.313 bits per heavy atom. The van der Waals surface area contributed by atoms with Crippen LogP contribution in [0.5, 0.6) is 0 Å². The standard InChI is InChI=1S/C66H51N/c1-65(2,3)62-52-22-13-14-23-53(52)63(66(4,5)6)56-38-48(31-35-54(56)62)67-58-37-47-27-26-45-36-46(49-32-28-43-25-24-41-20-15-21-42-29-34-51(49)60(43)59(41)42)30-33-50(45)55(47)39-57(58)61(40-16-9-7-10-17-40)64(67)44-18-11-8-12-19-44/h7-39H,1-6H3. The van der Waals surface area contributed by atoms with Crippen molar-refractivity contribution in [1.82, 2.24) is 4.57 Å². The number of nitrogens with zero attached hydrogens (tertiary/aromatic N) is 1. The Morgan fingerprint density at radius 3 is 1.54 bits per heavy atom. The molecule has 13 aromatic rings. The molecule has 0 atom stereocenters. The van der Waals surface area contributed by atoms with E-state index < -0.39 is 0 Å². The summed E-state index contributed by atoms with van der Waals surface area (Å²) in [5.74, 6) is 0. The average molecular weight is 858 g/mol. The summed E-state index contributed by atoms with van der Waals surface area (Å²) in [5, 5.41) is 19.5. The van der Waals surface area contributed by atoms with Gasteiger partial charge in [0.1, 0.15) is 0 Å². The van der Waals surface area contributed by atoms with E-state index in [1.807, 2.05) is 0 Å². The predicted octanol–water partition coefficient (Wildman–Crippen LogP) is 18.7. The zero-order chi connectivity index (χ0) is 45.3. The van der Waals surface area contributed by atoms with E-state index in [1.165, 1.54) is 131 Å². The summed E-state index contributed by atoms with van der Waals surface area (Å²) in [6.07, 6.45) is 0. The molecule has 0 aliphatic carbocycles. The first-order valence-electron chi connectivity index (χ1n) is 23.8. The summed E-state index contributed by atoms with van der Waals surface area (Å²) < 4.78 is 2.56. The SMILES string of the molecule is CC(C)(C)c1c2ccccc2c(C(C)(C)C)c2cc(-n3c(-c4ccccc4)c(-c4ccccc4)c4cc5c(ccc6cc(-c7ccc8ccc9cccc%10ccc7c8c9%10)ccc65)cc43)ccc12. The molecule has 1 nitrogen and oxygen atoms in total. The van der Waals surface area contributed by atoms with E-state index in [9.17, 15) is 0 Å². The van der Waals surface area contributed by atoms with Crippen molar-refractivity contribution >= 4 is 86.3 Å². The Balaban J connectivity index is 1.09. The lowest BCUT2D eigenvalue weighted by atomic mass is 9.74. The van der Waals surface area contributed by atoms with Gasteiger partial charge >= 0.3 is 0 Å². The summed E-state index contributed by atoms with van der Waals surface area (Å²) in [6.45, 7) is 14.2. The number of benzene rings is 12. The zero-order valence-corrected chi connectivity index (χ0v) is 39.0. The van der Waals surface area contributed by atoms with Gasteiger partial charge in [-0.05, 0) is 150 Å². The molecule has 0 saturated heterocycles. The minimum Gasteiger partial charge on any atom is -0.309 e. The Bertz CT molecular complexity index is 4120. The summed E-state index contributed by atoms with van der Waals surface area (Å²) in [6, 6.07) is 75.6. The molecule has 0 N–H and O–H groups in total. The van der Waals surface area contributed by atoms with Gasteiger partial charge in [0, 0.05) is 16.6 Å². The maximum Gasteiger partial charge on any atom is 0.0619 e.